The molecule has 0 aromatic heterocycles. The normalized spacial score (nSPS) is 9.17. The number of hydrogen-bond donors (Lipinski definition) is 1. The van der Waals surface area contributed by atoms with Crippen molar-refractivity contribution in [3.05, 3.63) is 42.0 Å². The lowest BCUT2D eigenvalue weighted by Gasteiger charge is -2.05. The second-order valence-corrected chi connectivity index (χ2v) is 3.40. The van der Waals surface area contributed by atoms with Crippen molar-refractivity contribution in [2.75, 3.05) is 26.4 Å². The molecule has 0 heterocycles. The van der Waals surface area contributed by atoms with Crippen LogP contribution in [-0.2, 0) is 16.1 Å². The van der Waals surface area contributed by atoms with Crippen LogP contribution in [0.5, 0.6) is 0 Å². The topological polar surface area (TPSA) is 44.5 Å². The van der Waals surface area contributed by atoms with Crippen molar-refractivity contribution in [3.8, 4) is 0 Å². The lowest BCUT2D eigenvalue weighted by molar-refractivity contribution is 0.0433. The SMILES string of the molecule is C.C.C=Cc1ccc(COCCOCCN)cc1. The minimum atomic E-state index is 0. The van der Waals surface area contributed by atoms with Gasteiger partial charge >= 0.3 is 0 Å². The van der Waals surface area contributed by atoms with Gasteiger partial charge < -0.3 is 15.2 Å². The summed E-state index contributed by atoms with van der Waals surface area (Å²) in [4.78, 5) is 0. The van der Waals surface area contributed by atoms with Crippen LogP contribution in [0.2, 0.25) is 0 Å². The summed E-state index contributed by atoms with van der Waals surface area (Å²) < 4.78 is 10.6. The Bertz CT molecular complexity index is 296. The molecule has 0 aliphatic heterocycles. The standard InChI is InChI=1S/C13H19NO2.2CH4/c1-2-12-3-5-13(6-4-12)11-16-10-9-15-8-7-14;;/h2-6H,1,7-11,14H2;2*1H4. The van der Waals surface area contributed by atoms with Crippen LogP contribution < -0.4 is 5.73 Å². The summed E-state index contributed by atoms with van der Waals surface area (Å²) in [6, 6.07) is 8.13. The fourth-order valence-corrected chi connectivity index (χ4v) is 1.24. The van der Waals surface area contributed by atoms with E-state index in [1.807, 2.05) is 30.3 Å². The minimum Gasteiger partial charge on any atom is -0.378 e. The molecule has 0 amide bonds. The van der Waals surface area contributed by atoms with E-state index >= 15 is 0 Å². The number of rotatable bonds is 8. The van der Waals surface area contributed by atoms with E-state index in [1.165, 1.54) is 0 Å². The average molecular weight is 253 g/mol. The maximum absolute atomic E-state index is 5.45. The molecule has 0 bridgehead atoms. The molecule has 1 aromatic carbocycles. The molecule has 18 heavy (non-hydrogen) atoms. The van der Waals surface area contributed by atoms with Crippen molar-refractivity contribution >= 4 is 6.08 Å². The highest BCUT2D eigenvalue weighted by atomic mass is 16.5. The zero-order valence-corrected chi connectivity index (χ0v) is 9.52. The number of hydrogen-bond acceptors (Lipinski definition) is 3. The average Bonchev–Trinajstić information content (AvgIpc) is 2.34. The van der Waals surface area contributed by atoms with Gasteiger partial charge in [0.25, 0.3) is 0 Å². The zero-order chi connectivity index (χ0) is 11.6. The Labute approximate surface area is 112 Å². The summed E-state index contributed by atoms with van der Waals surface area (Å²) in [6.07, 6.45) is 1.82. The van der Waals surface area contributed by atoms with Crippen LogP contribution in [0.4, 0.5) is 0 Å². The molecule has 1 aromatic rings. The zero-order valence-electron chi connectivity index (χ0n) is 9.52. The molecule has 0 radical (unpaired) electrons. The van der Waals surface area contributed by atoms with Crippen molar-refractivity contribution in [2.24, 2.45) is 5.73 Å². The maximum atomic E-state index is 5.45. The van der Waals surface area contributed by atoms with Crippen molar-refractivity contribution in [1.82, 2.24) is 0 Å². The fraction of sp³-hybridized carbons (Fsp3) is 0.467. The summed E-state index contributed by atoms with van der Waals surface area (Å²) in [5, 5.41) is 0. The van der Waals surface area contributed by atoms with Gasteiger partial charge in [0.05, 0.1) is 26.4 Å². The third-order valence-corrected chi connectivity index (χ3v) is 2.12. The van der Waals surface area contributed by atoms with Gasteiger partial charge in [-0.05, 0) is 11.1 Å². The molecule has 1 rings (SSSR count). The van der Waals surface area contributed by atoms with Gasteiger partial charge in [-0.2, -0.15) is 0 Å². The van der Waals surface area contributed by atoms with Gasteiger partial charge in [0.1, 0.15) is 0 Å². The lowest BCUT2D eigenvalue weighted by atomic mass is 10.1. The van der Waals surface area contributed by atoms with Gasteiger partial charge in [-0.15, -0.1) is 0 Å². The van der Waals surface area contributed by atoms with Crippen molar-refractivity contribution in [3.63, 3.8) is 0 Å². The summed E-state index contributed by atoms with van der Waals surface area (Å²) in [7, 11) is 0. The van der Waals surface area contributed by atoms with Crippen LogP contribution >= 0.6 is 0 Å². The van der Waals surface area contributed by atoms with E-state index in [0.717, 1.165) is 11.1 Å². The molecular weight excluding hydrogens is 226 g/mol. The lowest BCUT2D eigenvalue weighted by Crippen LogP contribution is -2.11. The highest BCUT2D eigenvalue weighted by Crippen LogP contribution is 2.06. The maximum Gasteiger partial charge on any atom is 0.0718 e. The van der Waals surface area contributed by atoms with Crippen molar-refractivity contribution in [1.29, 1.82) is 0 Å². The predicted molar refractivity (Wildman–Crippen MR) is 79.5 cm³/mol. The van der Waals surface area contributed by atoms with E-state index < -0.39 is 0 Å². The Balaban J connectivity index is 0. The molecule has 3 nitrogen and oxygen atoms in total. The smallest absolute Gasteiger partial charge is 0.0718 e. The molecule has 0 saturated carbocycles. The Morgan fingerprint density at radius 1 is 1.00 bits per heavy atom. The first-order chi connectivity index (χ1) is 7.86. The number of benzene rings is 1. The molecule has 0 spiro atoms. The van der Waals surface area contributed by atoms with E-state index in [0.29, 0.717) is 33.0 Å². The summed E-state index contributed by atoms with van der Waals surface area (Å²) in [6.45, 7) is 6.67. The van der Waals surface area contributed by atoms with Crippen molar-refractivity contribution in [2.45, 2.75) is 21.5 Å². The first kappa shape index (κ1) is 19.2. The molecule has 104 valence electrons. The van der Waals surface area contributed by atoms with Crippen LogP contribution in [0.3, 0.4) is 0 Å². The van der Waals surface area contributed by atoms with E-state index in [9.17, 15) is 0 Å². The third kappa shape index (κ3) is 8.01. The molecule has 0 aliphatic rings. The molecule has 2 N–H and O–H groups in total. The Kier molecular flexibility index (Phi) is 13.1. The predicted octanol–water partition coefficient (Wildman–Crippen LogP) is 3.09. The summed E-state index contributed by atoms with van der Waals surface area (Å²) in [5.74, 6) is 0. The van der Waals surface area contributed by atoms with Crippen molar-refractivity contribution < 1.29 is 9.47 Å². The molecule has 0 fully saturated rings. The van der Waals surface area contributed by atoms with Crippen LogP contribution in [0, 0.1) is 0 Å². The Morgan fingerprint density at radius 3 is 2.17 bits per heavy atom. The molecular formula is C15H27NO2. The fourth-order valence-electron chi connectivity index (χ4n) is 1.24. The van der Waals surface area contributed by atoms with Gasteiger partial charge in [0.15, 0.2) is 0 Å². The van der Waals surface area contributed by atoms with E-state index in [1.54, 1.807) is 0 Å². The molecule has 0 saturated heterocycles. The number of nitrogens with two attached hydrogens (primary N) is 1. The first-order valence-electron chi connectivity index (χ1n) is 5.43. The quantitative estimate of drug-likeness (QED) is 0.724. The largest absolute Gasteiger partial charge is 0.378 e. The second kappa shape index (κ2) is 12.3. The van der Waals surface area contributed by atoms with Crippen LogP contribution in [0.1, 0.15) is 26.0 Å². The highest BCUT2D eigenvalue weighted by Gasteiger charge is 1.93. The molecule has 0 unspecified atom stereocenters. The molecule has 0 atom stereocenters. The van der Waals surface area contributed by atoms with E-state index in [2.05, 4.69) is 6.58 Å². The molecule has 0 aliphatic carbocycles. The van der Waals surface area contributed by atoms with Gasteiger partial charge in [-0.3, -0.25) is 0 Å². The van der Waals surface area contributed by atoms with E-state index in [4.69, 9.17) is 15.2 Å². The van der Waals surface area contributed by atoms with Gasteiger partial charge in [0.2, 0.25) is 0 Å². The van der Waals surface area contributed by atoms with Gasteiger partial charge in [-0.25, -0.2) is 0 Å². The Hall–Kier alpha value is -1.16. The number of ether oxygens (including phenoxy) is 2. The summed E-state index contributed by atoms with van der Waals surface area (Å²) >= 11 is 0. The van der Waals surface area contributed by atoms with Crippen LogP contribution in [0.15, 0.2) is 30.8 Å². The second-order valence-electron chi connectivity index (χ2n) is 3.40. The molecule has 3 heteroatoms. The summed E-state index contributed by atoms with van der Waals surface area (Å²) in [5.41, 5.74) is 7.57. The minimum absolute atomic E-state index is 0. The highest BCUT2D eigenvalue weighted by molar-refractivity contribution is 5.47. The third-order valence-electron chi connectivity index (χ3n) is 2.12. The van der Waals surface area contributed by atoms with Gasteiger partial charge in [0, 0.05) is 6.54 Å². The van der Waals surface area contributed by atoms with Crippen LogP contribution in [0.25, 0.3) is 6.08 Å². The van der Waals surface area contributed by atoms with E-state index in [-0.39, 0.29) is 14.9 Å². The van der Waals surface area contributed by atoms with Gasteiger partial charge in [-0.1, -0.05) is 51.8 Å². The Morgan fingerprint density at radius 2 is 1.61 bits per heavy atom. The van der Waals surface area contributed by atoms with Crippen LogP contribution in [-0.4, -0.2) is 26.4 Å². The first-order valence-corrected chi connectivity index (χ1v) is 5.43. The monoisotopic (exact) mass is 253 g/mol.